The molecule has 5 heteroatoms. The largest absolute Gasteiger partial charge is 0.481 e. The number of nitrogens with two attached hydrogens (primary N) is 1. The number of carbonyl (C=O) groups is 1. The fourth-order valence-electron chi connectivity index (χ4n) is 0.549. The molecule has 64 valence electrons. The Morgan fingerprint density at radius 1 is 1.55 bits per heavy atom. The number of amides is 1. The van der Waals surface area contributed by atoms with Crippen molar-refractivity contribution in [3.63, 3.8) is 0 Å². The van der Waals surface area contributed by atoms with Crippen molar-refractivity contribution in [3.05, 3.63) is 11.5 Å². The summed E-state index contributed by atoms with van der Waals surface area (Å²) in [6.07, 6.45) is 2.14. The van der Waals surface area contributed by atoms with Crippen molar-refractivity contribution in [3.8, 4) is 0 Å². The molecule has 1 amide bonds. The molecule has 0 fully saturated rings. The van der Waals surface area contributed by atoms with E-state index in [1.807, 2.05) is 6.26 Å². The average Bonchev–Trinajstić information content (AvgIpc) is 1.87. The fourth-order valence-corrected chi connectivity index (χ4v) is 0.958. The van der Waals surface area contributed by atoms with Crippen LogP contribution < -0.4 is 5.73 Å². The molecular formula is C6H11NO3S. The Morgan fingerprint density at radius 2 is 2.09 bits per heavy atom. The third-order valence-corrected chi connectivity index (χ3v) is 1.74. The number of rotatable bonds is 4. The van der Waals surface area contributed by atoms with Crippen LogP contribution in [-0.2, 0) is 4.79 Å². The van der Waals surface area contributed by atoms with Gasteiger partial charge >= 0.3 is 0 Å². The standard InChI is InChI=1S/C6H11NO3S/c1-11-3-2-4(5(7)8)6(9)10/h9-10H,2-3H2,1H3,(H2,7,8). The molecule has 0 aromatic heterocycles. The molecule has 0 unspecified atom stereocenters. The van der Waals surface area contributed by atoms with Gasteiger partial charge in [-0.2, -0.15) is 11.8 Å². The first-order valence-electron chi connectivity index (χ1n) is 2.99. The lowest BCUT2D eigenvalue weighted by molar-refractivity contribution is -0.115. The topological polar surface area (TPSA) is 83.6 Å². The zero-order chi connectivity index (χ0) is 8.85. The van der Waals surface area contributed by atoms with Gasteiger partial charge in [0, 0.05) is 0 Å². The Balaban J connectivity index is 4.14. The van der Waals surface area contributed by atoms with Gasteiger partial charge in [0.05, 0.1) is 5.57 Å². The van der Waals surface area contributed by atoms with E-state index in [1.54, 1.807) is 0 Å². The van der Waals surface area contributed by atoms with E-state index in [0.717, 1.165) is 0 Å². The highest BCUT2D eigenvalue weighted by molar-refractivity contribution is 7.98. The average molecular weight is 177 g/mol. The second kappa shape index (κ2) is 4.90. The molecule has 0 heterocycles. The van der Waals surface area contributed by atoms with Crippen LogP contribution >= 0.6 is 11.8 Å². The Bertz CT molecular complexity index is 175. The van der Waals surface area contributed by atoms with Gasteiger partial charge in [0.1, 0.15) is 0 Å². The number of hydrogen-bond acceptors (Lipinski definition) is 4. The Labute approximate surface area is 69.1 Å². The van der Waals surface area contributed by atoms with Gasteiger partial charge in [0.2, 0.25) is 0 Å². The van der Waals surface area contributed by atoms with Gasteiger partial charge < -0.3 is 15.9 Å². The zero-order valence-electron chi connectivity index (χ0n) is 6.20. The van der Waals surface area contributed by atoms with Crippen molar-refractivity contribution in [2.24, 2.45) is 5.73 Å². The van der Waals surface area contributed by atoms with Gasteiger partial charge in [-0.05, 0) is 18.4 Å². The fraction of sp³-hybridized carbons (Fsp3) is 0.500. The third-order valence-electron chi connectivity index (χ3n) is 1.12. The summed E-state index contributed by atoms with van der Waals surface area (Å²) in [5.74, 6) is -1.10. The predicted octanol–water partition coefficient (Wildman–Crippen LogP) is 0.552. The maximum Gasteiger partial charge on any atom is 0.283 e. The summed E-state index contributed by atoms with van der Waals surface area (Å²) in [6.45, 7) is 0. The Kier molecular flexibility index (Phi) is 4.52. The second-order valence-corrected chi connectivity index (χ2v) is 2.89. The minimum absolute atomic E-state index is 0.112. The van der Waals surface area contributed by atoms with Gasteiger partial charge in [-0.3, -0.25) is 4.79 Å². The first kappa shape index (κ1) is 10.2. The minimum Gasteiger partial charge on any atom is -0.481 e. The maximum atomic E-state index is 10.5. The van der Waals surface area contributed by atoms with Crippen molar-refractivity contribution in [1.29, 1.82) is 0 Å². The van der Waals surface area contributed by atoms with Crippen LogP contribution in [0.3, 0.4) is 0 Å². The second-order valence-electron chi connectivity index (χ2n) is 1.91. The molecule has 0 saturated heterocycles. The van der Waals surface area contributed by atoms with Crippen molar-refractivity contribution in [1.82, 2.24) is 0 Å². The van der Waals surface area contributed by atoms with Gasteiger partial charge in [-0.1, -0.05) is 0 Å². The summed E-state index contributed by atoms with van der Waals surface area (Å²) in [4.78, 5) is 10.5. The molecule has 0 rings (SSSR count). The van der Waals surface area contributed by atoms with Crippen LogP contribution in [0.2, 0.25) is 0 Å². The van der Waals surface area contributed by atoms with Crippen LogP contribution in [0.1, 0.15) is 6.42 Å². The van der Waals surface area contributed by atoms with Crippen molar-refractivity contribution >= 4 is 17.7 Å². The smallest absolute Gasteiger partial charge is 0.283 e. The van der Waals surface area contributed by atoms with Crippen molar-refractivity contribution < 1.29 is 15.0 Å². The quantitative estimate of drug-likeness (QED) is 0.432. The molecule has 4 N–H and O–H groups in total. The molecule has 0 bridgehead atoms. The SMILES string of the molecule is CSCCC(C(N)=O)=C(O)O. The van der Waals surface area contributed by atoms with E-state index in [4.69, 9.17) is 15.9 Å². The monoisotopic (exact) mass is 177 g/mol. The maximum absolute atomic E-state index is 10.5. The molecule has 11 heavy (non-hydrogen) atoms. The first-order valence-corrected chi connectivity index (χ1v) is 4.38. The molecule has 0 aliphatic heterocycles. The van der Waals surface area contributed by atoms with E-state index in [9.17, 15) is 4.79 Å². The first-order chi connectivity index (χ1) is 5.09. The van der Waals surface area contributed by atoms with Crippen LogP contribution in [0.5, 0.6) is 0 Å². The lowest BCUT2D eigenvalue weighted by atomic mass is 10.2. The number of thioether (sulfide) groups is 1. The number of hydrogen-bond donors (Lipinski definition) is 3. The summed E-state index contributed by atoms with van der Waals surface area (Å²) >= 11 is 1.50. The third kappa shape index (κ3) is 3.77. The molecule has 0 saturated carbocycles. The zero-order valence-corrected chi connectivity index (χ0v) is 7.02. The molecule has 0 aromatic rings. The lowest BCUT2D eigenvalue weighted by Crippen LogP contribution is -2.16. The van der Waals surface area contributed by atoms with Crippen LogP contribution in [0.25, 0.3) is 0 Å². The van der Waals surface area contributed by atoms with Crippen molar-refractivity contribution in [2.75, 3.05) is 12.0 Å². The van der Waals surface area contributed by atoms with Crippen LogP contribution in [0.4, 0.5) is 0 Å². The predicted molar refractivity (Wildman–Crippen MR) is 44.5 cm³/mol. The van der Waals surface area contributed by atoms with Gasteiger partial charge in [-0.15, -0.1) is 0 Å². The molecule has 0 spiro atoms. The van der Waals surface area contributed by atoms with Crippen LogP contribution in [0.15, 0.2) is 11.5 Å². The summed E-state index contributed by atoms with van der Waals surface area (Å²) in [5, 5.41) is 17.1. The normalized spacial score (nSPS) is 9.18. The highest BCUT2D eigenvalue weighted by atomic mass is 32.2. The highest BCUT2D eigenvalue weighted by Crippen LogP contribution is 2.07. The Hall–Kier alpha value is -0.840. The van der Waals surface area contributed by atoms with E-state index < -0.39 is 11.9 Å². The molecule has 0 aliphatic rings. The molecule has 0 aromatic carbocycles. The van der Waals surface area contributed by atoms with E-state index in [2.05, 4.69) is 0 Å². The molecular weight excluding hydrogens is 166 g/mol. The van der Waals surface area contributed by atoms with E-state index in [-0.39, 0.29) is 5.57 Å². The van der Waals surface area contributed by atoms with Gasteiger partial charge in [0.25, 0.3) is 11.9 Å². The van der Waals surface area contributed by atoms with Crippen LogP contribution in [-0.4, -0.2) is 28.1 Å². The van der Waals surface area contributed by atoms with E-state index in [0.29, 0.717) is 12.2 Å². The number of aliphatic hydroxyl groups is 2. The van der Waals surface area contributed by atoms with Crippen molar-refractivity contribution in [2.45, 2.75) is 6.42 Å². The summed E-state index contributed by atoms with van der Waals surface area (Å²) < 4.78 is 0. The number of carbonyl (C=O) groups excluding carboxylic acids is 1. The highest BCUT2D eigenvalue weighted by Gasteiger charge is 2.10. The molecule has 0 radical (unpaired) electrons. The van der Waals surface area contributed by atoms with E-state index in [1.165, 1.54) is 11.8 Å². The lowest BCUT2D eigenvalue weighted by Gasteiger charge is -2.00. The number of aliphatic hydroxyl groups excluding tert-OH is 1. The van der Waals surface area contributed by atoms with Gasteiger partial charge in [0.15, 0.2) is 0 Å². The van der Waals surface area contributed by atoms with Crippen LogP contribution in [0, 0.1) is 0 Å². The minimum atomic E-state index is -0.966. The summed E-state index contributed by atoms with van der Waals surface area (Å²) in [5.41, 5.74) is 4.74. The molecule has 0 atom stereocenters. The van der Waals surface area contributed by atoms with Gasteiger partial charge in [-0.25, -0.2) is 0 Å². The summed E-state index contributed by atoms with van der Waals surface area (Å²) in [7, 11) is 0. The summed E-state index contributed by atoms with van der Waals surface area (Å²) in [6, 6.07) is 0. The Morgan fingerprint density at radius 3 is 2.36 bits per heavy atom. The molecule has 4 nitrogen and oxygen atoms in total. The van der Waals surface area contributed by atoms with E-state index >= 15 is 0 Å². The number of primary amides is 1. The molecule has 0 aliphatic carbocycles.